The Morgan fingerprint density at radius 2 is 1.71 bits per heavy atom. The molecule has 0 amide bonds. The molecule has 0 aliphatic carbocycles. The van der Waals surface area contributed by atoms with Gasteiger partial charge < -0.3 is 5.32 Å². The van der Waals surface area contributed by atoms with Crippen molar-refractivity contribution in [2.45, 2.75) is 35.1 Å². The standard InChI is InChI=1S/C15H20N2O7S4/c1-10(2)9-26(18,19)14-6-12(17-8-11-4-3-5-25-11)13(28(22,23)24)7-15(14)27(16,20)21/h3-7,10,17H,8-9H2,1-2H3,(H2,16,20,21)(H,22,23,24). The van der Waals surface area contributed by atoms with E-state index in [1.165, 1.54) is 11.3 Å². The van der Waals surface area contributed by atoms with Crippen LogP contribution in [0.15, 0.2) is 44.3 Å². The molecule has 1 aromatic heterocycles. The first-order valence-electron chi connectivity index (χ1n) is 7.89. The average molecular weight is 469 g/mol. The maximum absolute atomic E-state index is 12.7. The maximum atomic E-state index is 12.7. The van der Waals surface area contributed by atoms with Crippen LogP contribution in [0, 0.1) is 5.92 Å². The molecule has 0 saturated carbocycles. The van der Waals surface area contributed by atoms with Crippen LogP contribution in [0.3, 0.4) is 0 Å². The molecule has 0 aliphatic rings. The highest BCUT2D eigenvalue weighted by Crippen LogP contribution is 2.32. The highest BCUT2D eigenvalue weighted by molar-refractivity contribution is 7.93. The molecule has 0 unspecified atom stereocenters. The lowest BCUT2D eigenvalue weighted by atomic mass is 10.3. The predicted molar refractivity (Wildman–Crippen MR) is 106 cm³/mol. The number of hydrogen-bond donors (Lipinski definition) is 3. The fourth-order valence-electron chi connectivity index (χ4n) is 2.48. The van der Waals surface area contributed by atoms with Gasteiger partial charge in [0.1, 0.15) is 9.79 Å². The Kier molecular flexibility index (Phi) is 6.57. The van der Waals surface area contributed by atoms with Crippen molar-refractivity contribution in [2.24, 2.45) is 11.1 Å². The van der Waals surface area contributed by atoms with Crippen LogP contribution in [0.4, 0.5) is 5.69 Å². The molecule has 1 aromatic carbocycles. The quantitative estimate of drug-likeness (QED) is 0.493. The average Bonchev–Trinajstić information content (AvgIpc) is 3.02. The van der Waals surface area contributed by atoms with E-state index in [0.29, 0.717) is 6.07 Å². The molecule has 0 aliphatic heterocycles. The van der Waals surface area contributed by atoms with Crippen molar-refractivity contribution in [3.8, 4) is 0 Å². The van der Waals surface area contributed by atoms with Gasteiger partial charge in [0.2, 0.25) is 10.0 Å². The minimum atomic E-state index is -4.87. The van der Waals surface area contributed by atoms with E-state index in [-0.39, 0.29) is 23.9 Å². The molecule has 156 valence electrons. The van der Waals surface area contributed by atoms with Crippen LogP contribution in [-0.4, -0.2) is 35.6 Å². The molecule has 4 N–H and O–H groups in total. The molecule has 0 saturated heterocycles. The first-order chi connectivity index (χ1) is 12.7. The van der Waals surface area contributed by atoms with E-state index < -0.39 is 44.7 Å². The van der Waals surface area contributed by atoms with Gasteiger partial charge in [-0.3, -0.25) is 4.55 Å². The summed E-state index contributed by atoms with van der Waals surface area (Å²) >= 11 is 1.37. The molecule has 13 heteroatoms. The van der Waals surface area contributed by atoms with Gasteiger partial charge in [-0.2, -0.15) is 8.42 Å². The lowest BCUT2D eigenvalue weighted by Gasteiger charge is -2.16. The monoisotopic (exact) mass is 468 g/mol. The number of hydrogen-bond acceptors (Lipinski definition) is 8. The number of anilines is 1. The summed E-state index contributed by atoms with van der Waals surface area (Å²) in [5.41, 5.74) is -0.245. The van der Waals surface area contributed by atoms with Crippen molar-refractivity contribution in [3.05, 3.63) is 34.5 Å². The smallest absolute Gasteiger partial charge is 0.296 e. The van der Waals surface area contributed by atoms with Crippen molar-refractivity contribution >= 4 is 47.0 Å². The van der Waals surface area contributed by atoms with Crippen LogP contribution in [0.25, 0.3) is 0 Å². The predicted octanol–water partition coefficient (Wildman–Crippen LogP) is 1.68. The molecule has 1 heterocycles. The molecule has 0 spiro atoms. The van der Waals surface area contributed by atoms with Gasteiger partial charge in [0, 0.05) is 11.4 Å². The van der Waals surface area contributed by atoms with E-state index in [2.05, 4.69) is 5.32 Å². The van der Waals surface area contributed by atoms with Crippen molar-refractivity contribution in [2.75, 3.05) is 11.1 Å². The SMILES string of the molecule is CC(C)CS(=O)(=O)c1cc(NCc2cccs2)c(S(=O)(=O)O)cc1S(N)(=O)=O. The lowest BCUT2D eigenvalue weighted by Crippen LogP contribution is -2.21. The number of primary sulfonamides is 1. The zero-order valence-electron chi connectivity index (χ0n) is 15.0. The molecule has 2 rings (SSSR count). The van der Waals surface area contributed by atoms with Gasteiger partial charge in [-0.1, -0.05) is 19.9 Å². The van der Waals surface area contributed by atoms with Crippen molar-refractivity contribution in [1.82, 2.24) is 0 Å². The normalized spacial score (nSPS) is 13.0. The second-order valence-corrected chi connectivity index (χ2v) is 12.4. The Hall–Kier alpha value is -1.51. The number of nitrogens with two attached hydrogens (primary N) is 1. The highest BCUT2D eigenvalue weighted by Gasteiger charge is 2.30. The van der Waals surface area contributed by atoms with Gasteiger partial charge in [-0.25, -0.2) is 22.0 Å². The summed E-state index contributed by atoms with van der Waals surface area (Å²) in [6, 6.07) is 4.98. The summed E-state index contributed by atoms with van der Waals surface area (Å²) in [5.74, 6) is -0.687. The van der Waals surface area contributed by atoms with Gasteiger partial charge >= 0.3 is 0 Å². The molecule has 2 aromatic rings. The zero-order valence-corrected chi connectivity index (χ0v) is 18.3. The first kappa shape index (κ1) is 22.8. The van der Waals surface area contributed by atoms with Crippen LogP contribution in [0.1, 0.15) is 18.7 Å². The summed E-state index contributed by atoms with van der Waals surface area (Å²) in [7, 11) is -13.6. The Balaban J connectivity index is 2.74. The van der Waals surface area contributed by atoms with Crippen molar-refractivity contribution in [3.63, 3.8) is 0 Å². The van der Waals surface area contributed by atoms with E-state index in [0.717, 1.165) is 10.9 Å². The summed E-state index contributed by atoms with van der Waals surface area (Å²) in [4.78, 5) is -1.48. The molecule has 0 fully saturated rings. The van der Waals surface area contributed by atoms with Gasteiger partial charge in [-0.15, -0.1) is 11.3 Å². The lowest BCUT2D eigenvalue weighted by molar-refractivity contribution is 0.483. The van der Waals surface area contributed by atoms with Crippen LogP contribution in [-0.2, 0) is 36.5 Å². The summed E-state index contributed by atoms with van der Waals surface area (Å²) < 4.78 is 82.3. The highest BCUT2D eigenvalue weighted by atomic mass is 32.2. The number of thiophene rings is 1. The molecule has 0 bridgehead atoms. The van der Waals surface area contributed by atoms with E-state index in [4.69, 9.17) is 5.14 Å². The number of sulfone groups is 1. The summed E-state index contributed by atoms with van der Waals surface area (Å²) in [5, 5.41) is 9.64. The Morgan fingerprint density at radius 1 is 1.07 bits per heavy atom. The second-order valence-electron chi connectivity index (χ2n) is 6.42. The van der Waals surface area contributed by atoms with Gasteiger partial charge in [0.25, 0.3) is 10.1 Å². The van der Waals surface area contributed by atoms with Crippen LogP contribution >= 0.6 is 11.3 Å². The maximum Gasteiger partial charge on any atom is 0.296 e. The number of benzene rings is 1. The van der Waals surface area contributed by atoms with Crippen LogP contribution in [0.5, 0.6) is 0 Å². The first-order valence-corrected chi connectivity index (χ1v) is 13.4. The fourth-order valence-corrected chi connectivity index (χ4v) is 6.95. The van der Waals surface area contributed by atoms with Gasteiger partial charge in [0.05, 0.1) is 16.3 Å². The number of nitrogens with one attached hydrogen (secondary N) is 1. The Morgan fingerprint density at radius 3 is 2.18 bits per heavy atom. The summed E-state index contributed by atoms with van der Waals surface area (Å²) in [6.45, 7) is 3.41. The second kappa shape index (κ2) is 8.08. The molecule has 0 atom stereocenters. The fraction of sp³-hybridized carbons (Fsp3) is 0.333. The Bertz CT molecular complexity index is 1170. The van der Waals surface area contributed by atoms with Crippen molar-refractivity contribution < 1.29 is 29.8 Å². The zero-order chi connectivity index (χ0) is 21.3. The van der Waals surface area contributed by atoms with E-state index in [9.17, 15) is 29.8 Å². The number of sulfonamides is 1. The molecule has 0 radical (unpaired) electrons. The molecular weight excluding hydrogens is 448 g/mol. The minimum absolute atomic E-state index is 0.137. The molecule has 9 nitrogen and oxygen atoms in total. The number of rotatable bonds is 8. The minimum Gasteiger partial charge on any atom is -0.379 e. The van der Waals surface area contributed by atoms with Crippen LogP contribution < -0.4 is 10.5 Å². The molecule has 28 heavy (non-hydrogen) atoms. The Labute approximate surface area is 168 Å². The van der Waals surface area contributed by atoms with Gasteiger partial charge in [0.15, 0.2) is 9.84 Å². The molecular formula is C15H20N2O7S4. The van der Waals surface area contributed by atoms with E-state index in [1.54, 1.807) is 31.4 Å². The largest absolute Gasteiger partial charge is 0.379 e. The third-order valence-electron chi connectivity index (χ3n) is 3.55. The third kappa shape index (κ3) is 5.52. The van der Waals surface area contributed by atoms with Gasteiger partial charge in [-0.05, 0) is 29.5 Å². The van der Waals surface area contributed by atoms with Crippen LogP contribution in [0.2, 0.25) is 0 Å². The topological polar surface area (TPSA) is 161 Å². The van der Waals surface area contributed by atoms with E-state index >= 15 is 0 Å². The van der Waals surface area contributed by atoms with E-state index in [1.807, 2.05) is 0 Å². The summed E-state index contributed by atoms with van der Waals surface area (Å²) in [6.07, 6.45) is 0. The third-order valence-corrected chi connectivity index (χ3v) is 8.51. The van der Waals surface area contributed by atoms with Crippen molar-refractivity contribution in [1.29, 1.82) is 0 Å².